The normalized spacial score (nSPS) is 24.8. The van der Waals surface area contributed by atoms with Gasteiger partial charge in [-0.2, -0.15) is 13.2 Å². The Labute approximate surface area is 229 Å². The summed E-state index contributed by atoms with van der Waals surface area (Å²) in [7, 11) is 0. The summed E-state index contributed by atoms with van der Waals surface area (Å²) in [6.45, 7) is -0.0974. The number of rotatable bonds is 7. The van der Waals surface area contributed by atoms with Gasteiger partial charge in [0.05, 0.1) is 0 Å². The third-order valence-electron chi connectivity index (χ3n) is 8.01. The molecule has 2 aromatic rings. The number of halogens is 3. The predicted octanol–water partition coefficient (Wildman–Crippen LogP) is 4.92. The first-order valence-electron chi connectivity index (χ1n) is 13.0. The van der Waals surface area contributed by atoms with Crippen LogP contribution in [-0.2, 0) is 19.8 Å². The summed E-state index contributed by atoms with van der Waals surface area (Å²) in [5, 5.41) is 16.0. The molecule has 4 fully saturated rings. The van der Waals surface area contributed by atoms with E-state index in [0.29, 0.717) is 0 Å². The zero-order valence-corrected chi connectivity index (χ0v) is 21.6. The number of carbonyl (C=O) groups excluding carboxylic acids is 1. The molecule has 4 saturated carbocycles. The number of hydrogen-bond acceptors (Lipinski definition) is 5. The van der Waals surface area contributed by atoms with Crippen LogP contribution in [0, 0.1) is 17.8 Å². The Morgan fingerprint density at radius 3 is 1.95 bits per heavy atom. The van der Waals surface area contributed by atoms with Gasteiger partial charge in [0.15, 0.2) is 6.61 Å². The smallest absolute Gasteiger partial charge is 0.483 e. The van der Waals surface area contributed by atoms with Crippen LogP contribution < -0.4 is 16.0 Å². The Hall–Kier alpha value is -3.86. The Morgan fingerprint density at radius 1 is 0.950 bits per heavy atom. The number of carboxylic acid groups (broad SMARTS) is 2. The highest BCUT2D eigenvalue weighted by Crippen LogP contribution is 2.62. The molecule has 214 valence electrons. The van der Waals surface area contributed by atoms with Crippen LogP contribution in [0.2, 0.25) is 0 Å². The van der Waals surface area contributed by atoms with Gasteiger partial charge >= 0.3 is 18.1 Å². The molecule has 0 aliphatic heterocycles. The lowest BCUT2D eigenvalue weighted by Crippen LogP contribution is -2.48. The van der Waals surface area contributed by atoms with E-state index in [9.17, 15) is 22.8 Å². The molecule has 0 heterocycles. The van der Waals surface area contributed by atoms with E-state index >= 15 is 0 Å². The van der Waals surface area contributed by atoms with Gasteiger partial charge in [0.2, 0.25) is 0 Å². The molecule has 40 heavy (non-hydrogen) atoms. The summed E-state index contributed by atoms with van der Waals surface area (Å²) in [4.78, 5) is 31.4. The van der Waals surface area contributed by atoms with E-state index in [2.05, 4.69) is 11.5 Å². The number of hydrazine groups is 1. The summed E-state index contributed by atoms with van der Waals surface area (Å²) >= 11 is 0. The summed E-state index contributed by atoms with van der Waals surface area (Å²) in [6.07, 6.45) is 5.31. The first kappa shape index (κ1) is 29.1. The van der Waals surface area contributed by atoms with Gasteiger partial charge in [-0.15, -0.1) is 0 Å². The lowest BCUT2D eigenvalue weighted by Gasteiger charge is -2.57. The quantitative estimate of drug-likeness (QED) is 0.163. The van der Waals surface area contributed by atoms with Crippen LogP contribution in [0.3, 0.4) is 0 Å². The van der Waals surface area contributed by atoms with Gasteiger partial charge in [-0.05, 0) is 96.6 Å². The number of hydrogen-bond donors (Lipinski definition) is 4. The molecule has 11 heteroatoms. The third-order valence-corrected chi connectivity index (χ3v) is 8.01. The van der Waals surface area contributed by atoms with Crippen molar-refractivity contribution in [2.75, 3.05) is 6.61 Å². The molecule has 0 radical (unpaired) electrons. The topological polar surface area (TPSA) is 139 Å². The Bertz CT molecular complexity index is 1250. The fraction of sp³-hybridized carbons (Fsp3) is 0.414. The molecular formula is C29H31F3N2O6. The summed E-state index contributed by atoms with van der Waals surface area (Å²) in [5.41, 5.74) is 6.49. The van der Waals surface area contributed by atoms with E-state index in [4.69, 9.17) is 25.6 Å². The van der Waals surface area contributed by atoms with Crippen molar-refractivity contribution in [2.45, 2.75) is 50.1 Å². The first-order chi connectivity index (χ1) is 18.9. The molecule has 0 aromatic heterocycles. The minimum absolute atomic E-state index is 0.0974. The van der Waals surface area contributed by atoms with Crippen molar-refractivity contribution < 1.29 is 42.5 Å². The van der Waals surface area contributed by atoms with Crippen molar-refractivity contribution in [3.05, 3.63) is 59.7 Å². The van der Waals surface area contributed by atoms with Crippen molar-refractivity contribution >= 4 is 23.9 Å². The highest BCUT2D eigenvalue weighted by atomic mass is 19.4. The maximum atomic E-state index is 11.8. The fourth-order valence-electron chi connectivity index (χ4n) is 6.83. The average molecular weight is 561 g/mol. The van der Waals surface area contributed by atoms with E-state index in [1.54, 1.807) is 6.08 Å². The van der Waals surface area contributed by atoms with E-state index in [0.717, 1.165) is 46.3 Å². The number of nitrogens with one attached hydrogen (secondary N) is 1. The molecule has 4 bridgehead atoms. The lowest BCUT2D eigenvalue weighted by molar-refractivity contribution is -0.192. The average Bonchev–Trinajstić information content (AvgIpc) is 2.90. The minimum Gasteiger partial charge on any atom is -0.483 e. The monoisotopic (exact) mass is 560 g/mol. The second-order valence-corrected chi connectivity index (χ2v) is 10.9. The van der Waals surface area contributed by atoms with Crippen molar-refractivity contribution in [3.8, 4) is 16.9 Å². The van der Waals surface area contributed by atoms with Crippen LogP contribution in [-0.4, -0.2) is 40.8 Å². The molecular weight excluding hydrogens is 529 g/mol. The summed E-state index contributed by atoms with van der Waals surface area (Å²) in [5.74, 6) is 4.35. The largest absolute Gasteiger partial charge is 0.490 e. The number of carbonyl (C=O) groups is 3. The van der Waals surface area contributed by atoms with Gasteiger partial charge in [0, 0.05) is 11.6 Å². The zero-order chi connectivity index (χ0) is 29.1. The molecule has 4 aliphatic carbocycles. The maximum absolute atomic E-state index is 11.8. The van der Waals surface area contributed by atoms with Gasteiger partial charge in [-0.3, -0.25) is 10.2 Å². The molecule has 0 saturated heterocycles. The van der Waals surface area contributed by atoms with E-state index in [-0.39, 0.29) is 17.9 Å². The number of alkyl halides is 3. The molecule has 0 spiro atoms. The number of benzene rings is 2. The van der Waals surface area contributed by atoms with Crippen LogP contribution in [0.5, 0.6) is 5.75 Å². The van der Waals surface area contributed by atoms with Crippen LogP contribution in [0.15, 0.2) is 48.5 Å². The molecule has 4 aliphatic rings. The van der Waals surface area contributed by atoms with Crippen LogP contribution in [0.1, 0.15) is 49.7 Å². The maximum Gasteiger partial charge on any atom is 0.490 e. The number of ether oxygens (including phenoxy) is 1. The Morgan fingerprint density at radius 2 is 1.48 bits per heavy atom. The third kappa shape index (κ3) is 6.82. The summed E-state index contributed by atoms with van der Waals surface area (Å²) in [6, 6.07) is 14.2. The Kier molecular flexibility index (Phi) is 8.53. The van der Waals surface area contributed by atoms with E-state index in [1.807, 2.05) is 36.4 Å². The number of carboxylic acids is 2. The molecule has 1 amide bonds. The Balaban J connectivity index is 0.000000470. The first-order valence-corrected chi connectivity index (χ1v) is 13.0. The second-order valence-electron chi connectivity index (χ2n) is 10.9. The van der Waals surface area contributed by atoms with Gasteiger partial charge in [0.1, 0.15) is 5.75 Å². The number of aliphatic carboxylic acids is 2. The van der Waals surface area contributed by atoms with Gasteiger partial charge in [0.25, 0.3) is 5.91 Å². The SMILES string of the molecule is NNC(=O)COc1ccc(-c2ccc(C=CC(=O)O)cc2)cc1C12CC3CC(CC(C3)C1)C2.O=C(O)C(F)(F)F. The molecule has 5 N–H and O–H groups in total. The van der Waals surface area contributed by atoms with Crippen molar-refractivity contribution in [2.24, 2.45) is 23.6 Å². The summed E-state index contributed by atoms with van der Waals surface area (Å²) < 4.78 is 37.7. The zero-order valence-electron chi connectivity index (χ0n) is 21.6. The second kappa shape index (κ2) is 11.7. The highest BCUT2D eigenvalue weighted by molar-refractivity contribution is 5.85. The van der Waals surface area contributed by atoms with Gasteiger partial charge in [-0.1, -0.05) is 30.3 Å². The van der Waals surface area contributed by atoms with E-state index < -0.39 is 18.1 Å². The van der Waals surface area contributed by atoms with Crippen molar-refractivity contribution in [1.82, 2.24) is 5.43 Å². The lowest BCUT2D eigenvalue weighted by atomic mass is 9.48. The van der Waals surface area contributed by atoms with Crippen LogP contribution in [0.4, 0.5) is 13.2 Å². The minimum atomic E-state index is -5.08. The molecule has 0 unspecified atom stereocenters. The number of nitrogens with two attached hydrogens (primary N) is 1. The fourth-order valence-corrected chi connectivity index (χ4v) is 6.83. The van der Waals surface area contributed by atoms with Gasteiger partial charge < -0.3 is 14.9 Å². The van der Waals surface area contributed by atoms with Crippen LogP contribution in [0.25, 0.3) is 17.2 Å². The molecule has 8 nitrogen and oxygen atoms in total. The van der Waals surface area contributed by atoms with E-state index in [1.165, 1.54) is 44.1 Å². The van der Waals surface area contributed by atoms with Crippen molar-refractivity contribution in [3.63, 3.8) is 0 Å². The number of amides is 1. The molecule has 0 atom stereocenters. The molecule has 6 rings (SSSR count). The van der Waals surface area contributed by atoms with Gasteiger partial charge in [-0.25, -0.2) is 15.4 Å². The standard InChI is InChI=1S/C27H30N2O4.C2HF3O2/c28-29-25(30)16-33-24-7-6-22(21-4-1-17(2-5-21)3-8-26(31)32)12-23(24)27-13-18-9-19(14-27)11-20(10-18)15-27;3-2(4,5)1(6)7/h1-8,12,18-20H,9-11,13-16,28H2,(H,29,30)(H,31,32);(H,6,7). The predicted molar refractivity (Wildman–Crippen MR) is 140 cm³/mol. The highest BCUT2D eigenvalue weighted by Gasteiger charge is 2.52. The van der Waals surface area contributed by atoms with Crippen LogP contribution >= 0.6 is 0 Å². The molecule has 2 aromatic carbocycles. The van der Waals surface area contributed by atoms with Crippen molar-refractivity contribution in [1.29, 1.82) is 0 Å².